The summed E-state index contributed by atoms with van der Waals surface area (Å²) in [7, 11) is 0. The molecule has 5 heteroatoms. The van der Waals surface area contributed by atoms with E-state index in [9.17, 15) is 9.59 Å². The fraction of sp³-hybridized carbons (Fsp3) is 0.417. The zero-order valence-corrected chi connectivity index (χ0v) is 18.2. The first-order valence-corrected chi connectivity index (χ1v) is 10.0. The number of hydrogen-bond donors (Lipinski definition) is 2. The van der Waals surface area contributed by atoms with Crippen LogP contribution in [0.25, 0.3) is 0 Å². The van der Waals surface area contributed by atoms with Gasteiger partial charge in [-0.15, -0.1) is 0 Å². The molecular formula is C24H32N2O3. The first-order valence-electron chi connectivity index (χ1n) is 10.0. The number of anilines is 1. The van der Waals surface area contributed by atoms with E-state index in [0.717, 1.165) is 22.4 Å². The van der Waals surface area contributed by atoms with E-state index in [4.69, 9.17) is 4.84 Å². The Morgan fingerprint density at radius 2 is 1.45 bits per heavy atom. The van der Waals surface area contributed by atoms with Crippen molar-refractivity contribution in [1.29, 1.82) is 0 Å². The Morgan fingerprint density at radius 3 is 1.97 bits per heavy atom. The third-order valence-corrected chi connectivity index (χ3v) is 5.07. The van der Waals surface area contributed by atoms with Crippen LogP contribution in [0.15, 0.2) is 48.5 Å². The molecule has 0 saturated carbocycles. The molecule has 0 aliphatic heterocycles. The minimum absolute atomic E-state index is 0.263. The van der Waals surface area contributed by atoms with Gasteiger partial charge in [-0.2, -0.15) is 0 Å². The van der Waals surface area contributed by atoms with E-state index >= 15 is 0 Å². The van der Waals surface area contributed by atoms with Gasteiger partial charge < -0.3 is 5.32 Å². The molecule has 0 unspecified atom stereocenters. The number of benzene rings is 2. The summed E-state index contributed by atoms with van der Waals surface area (Å²) in [6.45, 7) is 11.7. The summed E-state index contributed by atoms with van der Waals surface area (Å²) in [5.41, 5.74) is 5.51. The third kappa shape index (κ3) is 5.67. The van der Waals surface area contributed by atoms with E-state index in [1.54, 1.807) is 0 Å². The van der Waals surface area contributed by atoms with Gasteiger partial charge in [0.1, 0.15) is 0 Å². The predicted octanol–water partition coefficient (Wildman–Crippen LogP) is 4.90. The van der Waals surface area contributed by atoms with Gasteiger partial charge in [0.05, 0.1) is 5.41 Å². The zero-order valence-electron chi connectivity index (χ0n) is 18.2. The fourth-order valence-corrected chi connectivity index (χ4v) is 3.15. The molecule has 0 atom stereocenters. The lowest BCUT2D eigenvalue weighted by Crippen LogP contribution is -2.41. The molecule has 0 aliphatic rings. The molecule has 29 heavy (non-hydrogen) atoms. The Bertz CT molecular complexity index is 816. The Kier molecular flexibility index (Phi) is 7.57. The summed E-state index contributed by atoms with van der Waals surface area (Å²) in [6.07, 6.45) is 0. The molecule has 156 valence electrons. The average molecular weight is 397 g/mol. The van der Waals surface area contributed by atoms with Gasteiger partial charge in [-0.05, 0) is 42.4 Å². The number of rotatable bonds is 8. The summed E-state index contributed by atoms with van der Waals surface area (Å²) in [5.74, 6) is -0.0626. The van der Waals surface area contributed by atoms with Crippen LogP contribution in [0.4, 0.5) is 5.69 Å². The SMILES string of the molecule is CC(C)c1cccc(C(C)C)c1NC(=O)CONC(=O)C(C)(C)c1ccccc1. The van der Waals surface area contributed by atoms with Crippen molar-refractivity contribution in [2.75, 3.05) is 11.9 Å². The highest BCUT2D eigenvalue weighted by molar-refractivity contribution is 5.94. The van der Waals surface area contributed by atoms with Crippen LogP contribution in [0, 0.1) is 0 Å². The fourth-order valence-electron chi connectivity index (χ4n) is 3.15. The minimum atomic E-state index is -0.771. The molecule has 5 nitrogen and oxygen atoms in total. The number of amides is 2. The number of hydrogen-bond acceptors (Lipinski definition) is 3. The van der Waals surface area contributed by atoms with E-state index in [-0.39, 0.29) is 30.3 Å². The van der Waals surface area contributed by atoms with Crippen molar-refractivity contribution in [3.8, 4) is 0 Å². The molecule has 2 N–H and O–H groups in total. The van der Waals surface area contributed by atoms with Crippen LogP contribution >= 0.6 is 0 Å². The maximum Gasteiger partial charge on any atom is 0.253 e. The summed E-state index contributed by atoms with van der Waals surface area (Å²) in [6, 6.07) is 15.5. The maximum absolute atomic E-state index is 12.5. The second kappa shape index (κ2) is 9.70. The lowest BCUT2D eigenvalue weighted by atomic mass is 9.84. The van der Waals surface area contributed by atoms with Crippen LogP contribution in [0.1, 0.15) is 70.1 Å². The molecule has 0 spiro atoms. The lowest BCUT2D eigenvalue weighted by molar-refractivity contribution is -0.141. The molecule has 2 aromatic carbocycles. The molecule has 2 aromatic rings. The normalized spacial score (nSPS) is 11.6. The second-order valence-electron chi connectivity index (χ2n) is 8.38. The zero-order chi connectivity index (χ0) is 21.6. The Hall–Kier alpha value is -2.66. The first kappa shape index (κ1) is 22.6. The van der Waals surface area contributed by atoms with Crippen molar-refractivity contribution < 1.29 is 14.4 Å². The Labute approximate surface area is 173 Å². The molecule has 0 bridgehead atoms. The van der Waals surface area contributed by atoms with E-state index in [0.29, 0.717) is 0 Å². The van der Waals surface area contributed by atoms with E-state index in [1.807, 2.05) is 62.4 Å². The molecule has 0 aliphatic carbocycles. The second-order valence-corrected chi connectivity index (χ2v) is 8.38. The molecule has 0 saturated heterocycles. The van der Waals surface area contributed by atoms with Gasteiger partial charge in [0.15, 0.2) is 6.61 Å². The number of hydroxylamine groups is 1. The van der Waals surface area contributed by atoms with Crippen molar-refractivity contribution in [2.24, 2.45) is 0 Å². The van der Waals surface area contributed by atoms with Crippen molar-refractivity contribution in [1.82, 2.24) is 5.48 Å². The summed E-state index contributed by atoms with van der Waals surface area (Å²) in [5, 5.41) is 2.97. The standard InChI is InChI=1S/C24H32N2O3/c1-16(2)19-13-10-14-20(17(3)4)22(19)25-21(27)15-29-26-23(28)24(5,6)18-11-8-7-9-12-18/h7-14,16-17H,15H2,1-6H3,(H,25,27)(H,26,28). The minimum Gasteiger partial charge on any atom is -0.323 e. The molecular weight excluding hydrogens is 364 g/mol. The smallest absolute Gasteiger partial charge is 0.253 e. The van der Waals surface area contributed by atoms with Crippen molar-refractivity contribution in [3.05, 3.63) is 65.2 Å². The van der Waals surface area contributed by atoms with Gasteiger partial charge in [-0.1, -0.05) is 76.2 Å². The Balaban J connectivity index is 2.00. The van der Waals surface area contributed by atoms with Crippen LogP contribution in [-0.2, 0) is 19.8 Å². The molecule has 0 radical (unpaired) electrons. The number of carbonyl (C=O) groups excluding carboxylic acids is 2. The summed E-state index contributed by atoms with van der Waals surface area (Å²) in [4.78, 5) is 30.2. The maximum atomic E-state index is 12.5. The van der Waals surface area contributed by atoms with Crippen molar-refractivity contribution >= 4 is 17.5 Å². The quantitative estimate of drug-likeness (QED) is 0.624. The van der Waals surface area contributed by atoms with Gasteiger partial charge in [0.25, 0.3) is 11.8 Å². The Morgan fingerprint density at radius 1 is 0.897 bits per heavy atom. The monoisotopic (exact) mass is 396 g/mol. The number of carbonyl (C=O) groups is 2. The van der Waals surface area contributed by atoms with Crippen LogP contribution in [-0.4, -0.2) is 18.4 Å². The predicted molar refractivity (Wildman–Crippen MR) is 117 cm³/mol. The first-order chi connectivity index (χ1) is 13.6. The lowest BCUT2D eigenvalue weighted by Gasteiger charge is -2.24. The summed E-state index contributed by atoms with van der Waals surface area (Å²) < 4.78 is 0. The highest BCUT2D eigenvalue weighted by Gasteiger charge is 2.30. The molecule has 0 aromatic heterocycles. The molecule has 2 rings (SSSR count). The largest absolute Gasteiger partial charge is 0.323 e. The molecule has 0 fully saturated rings. The van der Waals surface area contributed by atoms with Gasteiger partial charge in [0, 0.05) is 5.69 Å². The van der Waals surface area contributed by atoms with Gasteiger partial charge in [-0.3, -0.25) is 14.4 Å². The number of nitrogens with one attached hydrogen (secondary N) is 2. The van der Waals surface area contributed by atoms with Gasteiger partial charge >= 0.3 is 0 Å². The van der Waals surface area contributed by atoms with Crippen molar-refractivity contribution in [3.63, 3.8) is 0 Å². The topological polar surface area (TPSA) is 67.4 Å². The van der Waals surface area contributed by atoms with Gasteiger partial charge in [0.2, 0.25) is 0 Å². The number of para-hydroxylation sites is 1. The van der Waals surface area contributed by atoms with E-state index in [1.165, 1.54) is 0 Å². The van der Waals surface area contributed by atoms with Crippen LogP contribution < -0.4 is 10.8 Å². The molecule has 2 amide bonds. The average Bonchev–Trinajstić information content (AvgIpc) is 2.68. The van der Waals surface area contributed by atoms with Crippen LogP contribution in [0.2, 0.25) is 0 Å². The molecule has 0 heterocycles. The van der Waals surface area contributed by atoms with Crippen LogP contribution in [0.3, 0.4) is 0 Å². The highest BCUT2D eigenvalue weighted by Crippen LogP contribution is 2.32. The summed E-state index contributed by atoms with van der Waals surface area (Å²) >= 11 is 0. The van der Waals surface area contributed by atoms with Gasteiger partial charge in [-0.25, -0.2) is 5.48 Å². The van der Waals surface area contributed by atoms with Crippen LogP contribution in [0.5, 0.6) is 0 Å². The third-order valence-electron chi connectivity index (χ3n) is 5.07. The van der Waals surface area contributed by atoms with Crippen molar-refractivity contribution in [2.45, 2.75) is 58.8 Å². The van der Waals surface area contributed by atoms with E-state index < -0.39 is 5.41 Å². The van der Waals surface area contributed by atoms with E-state index in [2.05, 4.69) is 38.5 Å². The highest BCUT2D eigenvalue weighted by atomic mass is 16.7.